The van der Waals surface area contributed by atoms with Crippen molar-refractivity contribution in [1.29, 1.82) is 0 Å². The molecule has 1 fully saturated rings. The van der Waals surface area contributed by atoms with E-state index in [0.717, 1.165) is 29.7 Å². The molecule has 2 rings (SSSR count). The lowest BCUT2D eigenvalue weighted by atomic mass is 10.3. The average Bonchev–Trinajstić information content (AvgIpc) is 2.94. The molecular weight excluding hydrogens is 300 g/mol. The molecule has 1 saturated carbocycles. The molecule has 2 unspecified atom stereocenters. The van der Waals surface area contributed by atoms with Crippen molar-refractivity contribution >= 4 is 33.1 Å². The molecule has 1 heterocycles. The summed E-state index contributed by atoms with van der Waals surface area (Å²) >= 11 is 3.16. The highest BCUT2D eigenvalue weighted by molar-refractivity contribution is 7.99. The SMILES string of the molecule is CSC1CCCC1NS(=O)(=O)c1c(C)csc1CN. The summed E-state index contributed by atoms with van der Waals surface area (Å²) in [5, 5.41) is 2.24. The Bertz CT molecular complexity index is 539. The van der Waals surface area contributed by atoms with Crippen molar-refractivity contribution in [2.24, 2.45) is 5.73 Å². The number of aryl methyl sites for hydroxylation is 1. The summed E-state index contributed by atoms with van der Waals surface area (Å²) in [5.74, 6) is 0. The third kappa shape index (κ3) is 3.16. The summed E-state index contributed by atoms with van der Waals surface area (Å²) in [6, 6.07) is 0.0462. The molecule has 0 aliphatic heterocycles. The van der Waals surface area contributed by atoms with E-state index in [-0.39, 0.29) is 12.6 Å². The monoisotopic (exact) mass is 320 g/mol. The minimum Gasteiger partial charge on any atom is -0.326 e. The zero-order chi connectivity index (χ0) is 14.0. The predicted octanol–water partition coefficient (Wildman–Crippen LogP) is 2.08. The van der Waals surface area contributed by atoms with E-state index < -0.39 is 10.0 Å². The van der Waals surface area contributed by atoms with Crippen LogP contribution in [0.4, 0.5) is 0 Å². The van der Waals surface area contributed by atoms with Gasteiger partial charge in [-0.05, 0) is 37.0 Å². The van der Waals surface area contributed by atoms with E-state index >= 15 is 0 Å². The maximum absolute atomic E-state index is 12.5. The standard InChI is InChI=1S/C12H20N2O2S3/c1-8-7-18-11(6-13)12(8)19(15,16)14-9-4-3-5-10(9)17-2/h7,9-10,14H,3-6,13H2,1-2H3. The molecule has 0 radical (unpaired) electrons. The quantitative estimate of drug-likeness (QED) is 0.871. The van der Waals surface area contributed by atoms with E-state index in [0.29, 0.717) is 10.1 Å². The molecule has 3 N–H and O–H groups in total. The van der Waals surface area contributed by atoms with Gasteiger partial charge in [-0.2, -0.15) is 11.8 Å². The molecule has 108 valence electrons. The Morgan fingerprint density at radius 3 is 2.89 bits per heavy atom. The minimum atomic E-state index is -3.45. The lowest BCUT2D eigenvalue weighted by Crippen LogP contribution is -2.39. The molecule has 0 spiro atoms. The molecule has 4 nitrogen and oxygen atoms in total. The summed E-state index contributed by atoms with van der Waals surface area (Å²) in [5.41, 5.74) is 6.42. The van der Waals surface area contributed by atoms with Gasteiger partial charge in [0.25, 0.3) is 0 Å². The van der Waals surface area contributed by atoms with E-state index in [1.165, 1.54) is 11.3 Å². The van der Waals surface area contributed by atoms with Gasteiger partial charge >= 0.3 is 0 Å². The van der Waals surface area contributed by atoms with Crippen molar-refractivity contribution in [3.8, 4) is 0 Å². The van der Waals surface area contributed by atoms with Crippen LogP contribution in [0.2, 0.25) is 0 Å². The zero-order valence-corrected chi connectivity index (χ0v) is 13.6. The number of nitrogens with one attached hydrogen (secondary N) is 1. The van der Waals surface area contributed by atoms with Crippen LogP contribution in [0.15, 0.2) is 10.3 Å². The van der Waals surface area contributed by atoms with Crippen LogP contribution in [0.5, 0.6) is 0 Å². The molecule has 1 aromatic heterocycles. The second kappa shape index (κ2) is 6.13. The Labute approximate surface area is 123 Å². The number of sulfonamides is 1. The van der Waals surface area contributed by atoms with E-state index in [4.69, 9.17) is 5.73 Å². The van der Waals surface area contributed by atoms with Gasteiger partial charge in [-0.1, -0.05) is 6.42 Å². The van der Waals surface area contributed by atoms with Crippen LogP contribution in [0.3, 0.4) is 0 Å². The van der Waals surface area contributed by atoms with E-state index in [1.807, 2.05) is 18.6 Å². The van der Waals surface area contributed by atoms with Crippen LogP contribution < -0.4 is 10.5 Å². The van der Waals surface area contributed by atoms with Crippen LogP contribution in [-0.4, -0.2) is 26.0 Å². The third-order valence-electron chi connectivity index (χ3n) is 3.51. The Balaban J connectivity index is 2.25. The fourth-order valence-corrected chi connectivity index (χ4v) is 6.63. The molecule has 19 heavy (non-hydrogen) atoms. The van der Waals surface area contributed by atoms with Gasteiger partial charge in [0, 0.05) is 22.7 Å². The molecule has 1 aromatic rings. The lowest BCUT2D eigenvalue weighted by Gasteiger charge is -2.19. The highest BCUT2D eigenvalue weighted by Gasteiger charge is 2.32. The Morgan fingerprint density at radius 2 is 2.26 bits per heavy atom. The summed E-state index contributed by atoms with van der Waals surface area (Å²) in [4.78, 5) is 1.13. The fraction of sp³-hybridized carbons (Fsp3) is 0.667. The smallest absolute Gasteiger partial charge is 0.242 e. The second-order valence-corrected chi connectivity index (χ2v) is 8.50. The number of thioether (sulfide) groups is 1. The first-order valence-electron chi connectivity index (χ1n) is 6.31. The fourth-order valence-electron chi connectivity index (χ4n) is 2.59. The van der Waals surface area contributed by atoms with Crippen LogP contribution in [0.25, 0.3) is 0 Å². The maximum atomic E-state index is 12.5. The summed E-state index contributed by atoms with van der Waals surface area (Å²) < 4.78 is 28.0. The summed E-state index contributed by atoms with van der Waals surface area (Å²) in [6.07, 6.45) is 5.14. The van der Waals surface area contributed by atoms with Gasteiger partial charge in [0.15, 0.2) is 0 Å². The molecule has 7 heteroatoms. The molecule has 1 aliphatic carbocycles. The van der Waals surface area contributed by atoms with E-state index in [1.54, 1.807) is 11.8 Å². The van der Waals surface area contributed by atoms with Crippen molar-refractivity contribution in [1.82, 2.24) is 4.72 Å². The van der Waals surface area contributed by atoms with Crippen LogP contribution >= 0.6 is 23.1 Å². The molecule has 0 aromatic carbocycles. The van der Waals surface area contributed by atoms with Gasteiger partial charge in [0.05, 0.1) is 0 Å². The van der Waals surface area contributed by atoms with Gasteiger partial charge in [-0.25, -0.2) is 13.1 Å². The molecular formula is C12H20N2O2S3. The molecule has 0 amide bonds. The second-order valence-electron chi connectivity index (χ2n) is 4.81. The first kappa shape index (κ1) is 15.3. The summed E-state index contributed by atoms with van der Waals surface area (Å²) in [7, 11) is -3.45. The van der Waals surface area contributed by atoms with Crippen LogP contribution in [0, 0.1) is 6.92 Å². The molecule has 0 bridgehead atoms. The van der Waals surface area contributed by atoms with Crippen LogP contribution in [0.1, 0.15) is 29.7 Å². The minimum absolute atomic E-state index is 0.0462. The Morgan fingerprint density at radius 1 is 1.53 bits per heavy atom. The van der Waals surface area contributed by atoms with Gasteiger partial charge in [-0.15, -0.1) is 11.3 Å². The molecule has 1 aliphatic rings. The van der Waals surface area contributed by atoms with E-state index in [2.05, 4.69) is 4.72 Å². The van der Waals surface area contributed by atoms with E-state index in [9.17, 15) is 8.42 Å². The van der Waals surface area contributed by atoms with Crippen molar-refractivity contribution in [2.45, 2.75) is 48.9 Å². The van der Waals surface area contributed by atoms with Crippen molar-refractivity contribution in [3.63, 3.8) is 0 Å². The maximum Gasteiger partial charge on any atom is 0.242 e. The van der Waals surface area contributed by atoms with Crippen LogP contribution in [-0.2, 0) is 16.6 Å². The predicted molar refractivity (Wildman–Crippen MR) is 82.2 cm³/mol. The summed E-state index contributed by atoms with van der Waals surface area (Å²) in [6.45, 7) is 2.09. The number of rotatable bonds is 5. The first-order valence-corrected chi connectivity index (χ1v) is 9.97. The lowest BCUT2D eigenvalue weighted by molar-refractivity contribution is 0.554. The third-order valence-corrected chi connectivity index (χ3v) is 7.65. The highest BCUT2D eigenvalue weighted by Crippen LogP contribution is 2.31. The topological polar surface area (TPSA) is 72.2 Å². The van der Waals surface area contributed by atoms with Crippen molar-refractivity contribution < 1.29 is 8.42 Å². The number of hydrogen-bond donors (Lipinski definition) is 2. The highest BCUT2D eigenvalue weighted by atomic mass is 32.2. The van der Waals surface area contributed by atoms with Gasteiger partial charge in [0.2, 0.25) is 10.0 Å². The average molecular weight is 321 g/mol. The van der Waals surface area contributed by atoms with Gasteiger partial charge < -0.3 is 5.73 Å². The van der Waals surface area contributed by atoms with Crippen molar-refractivity contribution in [2.75, 3.05) is 6.26 Å². The molecule has 0 saturated heterocycles. The number of thiophene rings is 1. The zero-order valence-electron chi connectivity index (χ0n) is 11.2. The Kier molecular flexibility index (Phi) is 4.94. The van der Waals surface area contributed by atoms with Gasteiger partial charge in [0.1, 0.15) is 4.90 Å². The number of nitrogens with two attached hydrogens (primary N) is 1. The van der Waals surface area contributed by atoms with Crippen molar-refractivity contribution in [3.05, 3.63) is 15.8 Å². The first-order chi connectivity index (χ1) is 8.99. The largest absolute Gasteiger partial charge is 0.326 e. The normalized spacial score (nSPS) is 23.9. The Hall–Kier alpha value is -0.0800. The number of hydrogen-bond acceptors (Lipinski definition) is 5. The van der Waals surface area contributed by atoms with Gasteiger partial charge in [-0.3, -0.25) is 0 Å². The molecule has 2 atom stereocenters.